The fourth-order valence-electron chi connectivity index (χ4n) is 1.58. The van der Waals surface area contributed by atoms with Crippen LogP contribution in [0, 0.1) is 0 Å². The number of hydrogen-bond acceptors (Lipinski definition) is 3. The highest BCUT2D eigenvalue weighted by Gasteiger charge is 2.06. The van der Waals surface area contributed by atoms with Crippen LogP contribution < -0.4 is 10.1 Å². The predicted molar refractivity (Wildman–Crippen MR) is 84.2 cm³/mol. The molecule has 1 heterocycles. The molecule has 0 bridgehead atoms. The summed E-state index contributed by atoms with van der Waals surface area (Å²) in [5.41, 5.74) is 0.663. The van der Waals surface area contributed by atoms with E-state index >= 15 is 0 Å². The molecule has 6 heteroatoms. The molecule has 2 rings (SSSR count). The lowest BCUT2D eigenvalue weighted by Gasteiger charge is -2.10. The number of ether oxygens (including phenoxy) is 1. The average Bonchev–Trinajstić information content (AvgIpc) is 2.43. The highest BCUT2D eigenvalue weighted by molar-refractivity contribution is 6.42. The van der Waals surface area contributed by atoms with Gasteiger partial charge in [0, 0.05) is 12.6 Å². The number of nitrogens with zero attached hydrogens (tertiary/aromatic N) is 1. The van der Waals surface area contributed by atoms with Crippen molar-refractivity contribution in [2.45, 2.75) is 13.5 Å². The highest BCUT2D eigenvalue weighted by atomic mass is 35.5. The van der Waals surface area contributed by atoms with Crippen molar-refractivity contribution < 1.29 is 4.74 Å². The highest BCUT2D eigenvalue weighted by Crippen LogP contribution is 2.27. The van der Waals surface area contributed by atoms with Gasteiger partial charge >= 0.3 is 0 Å². The summed E-state index contributed by atoms with van der Waals surface area (Å²) in [5, 5.41) is 4.63. The Morgan fingerprint density at radius 2 is 1.80 bits per heavy atom. The number of aromatic nitrogens is 1. The van der Waals surface area contributed by atoms with E-state index in [1.165, 1.54) is 0 Å². The molecule has 2 aromatic rings. The molecule has 0 unspecified atom stereocenters. The molecular formula is C14H13Cl3N2O. The van der Waals surface area contributed by atoms with E-state index in [1.54, 1.807) is 24.3 Å². The minimum Gasteiger partial charge on any atom is -0.487 e. The van der Waals surface area contributed by atoms with E-state index in [0.717, 1.165) is 12.4 Å². The number of hydrogen-bond donors (Lipinski definition) is 1. The molecule has 106 valence electrons. The van der Waals surface area contributed by atoms with Crippen LogP contribution in [0.5, 0.6) is 5.75 Å². The van der Waals surface area contributed by atoms with Crippen LogP contribution in [0.25, 0.3) is 0 Å². The molecule has 0 radical (unpaired) electrons. The van der Waals surface area contributed by atoms with E-state index in [9.17, 15) is 0 Å². The van der Waals surface area contributed by atoms with Crippen molar-refractivity contribution in [3.05, 3.63) is 51.1 Å². The largest absolute Gasteiger partial charge is 0.487 e. The summed E-state index contributed by atoms with van der Waals surface area (Å²) in [6.07, 6.45) is 0. The molecule has 0 spiro atoms. The van der Waals surface area contributed by atoms with Crippen molar-refractivity contribution in [3.63, 3.8) is 0 Å². The van der Waals surface area contributed by atoms with Crippen LogP contribution in [0.4, 0.5) is 5.82 Å². The molecule has 1 N–H and O–H groups in total. The number of rotatable bonds is 5. The Morgan fingerprint density at radius 1 is 1.05 bits per heavy atom. The first-order valence-corrected chi connectivity index (χ1v) is 7.20. The third-order valence-electron chi connectivity index (χ3n) is 2.54. The monoisotopic (exact) mass is 330 g/mol. The van der Waals surface area contributed by atoms with Crippen LogP contribution in [-0.2, 0) is 6.61 Å². The second-order valence-electron chi connectivity index (χ2n) is 4.02. The first-order valence-electron chi connectivity index (χ1n) is 6.07. The number of benzene rings is 1. The van der Waals surface area contributed by atoms with Crippen LogP contribution in [0.1, 0.15) is 12.6 Å². The van der Waals surface area contributed by atoms with Crippen LogP contribution in [0.2, 0.25) is 15.1 Å². The lowest BCUT2D eigenvalue weighted by Crippen LogP contribution is -2.04. The molecule has 0 atom stereocenters. The van der Waals surface area contributed by atoms with Crippen LogP contribution in [0.15, 0.2) is 30.3 Å². The zero-order chi connectivity index (χ0) is 14.5. The molecule has 0 aliphatic rings. The quantitative estimate of drug-likeness (QED) is 0.832. The van der Waals surface area contributed by atoms with Gasteiger partial charge in [-0.25, -0.2) is 4.98 Å². The van der Waals surface area contributed by atoms with Crippen LogP contribution >= 0.6 is 34.8 Å². The molecule has 20 heavy (non-hydrogen) atoms. The van der Waals surface area contributed by atoms with Gasteiger partial charge in [0.2, 0.25) is 0 Å². The van der Waals surface area contributed by atoms with Gasteiger partial charge in [-0.3, -0.25) is 0 Å². The molecule has 0 amide bonds. The molecule has 3 nitrogen and oxygen atoms in total. The van der Waals surface area contributed by atoms with Crippen LogP contribution in [-0.4, -0.2) is 11.5 Å². The normalized spacial score (nSPS) is 10.4. The first-order chi connectivity index (χ1) is 9.60. The van der Waals surface area contributed by atoms with Gasteiger partial charge in [-0.1, -0.05) is 34.8 Å². The van der Waals surface area contributed by atoms with Crippen molar-refractivity contribution in [1.29, 1.82) is 0 Å². The zero-order valence-corrected chi connectivity index (χ0v) is 13.1. The number of anilines is 1. The predicted octanol–water partition coefficient (Wildman–Crippen LogP) is 5.05. The van der Waals surface area contributed by atoms with Gasteiger partial charge in [0.25, 0.3) is 0 Å². The Kier molecular flexibility index (Phi) is 5.35. The van der Waals surface area contributed by atoms with Crippen LogP contribution in [0.3, 0.4) is 0 Å². The Bertz CT molecular complexity index is 605. The summed E-state index contributed by atoms with van der Waals surface area (Å²) in [4.78, 5) is 4.39. The van der Waals surface area contributed by atoms with Crippen molar-refractivity contribution >= 4 is 40.6 Å². The zero-order valence-electron chi connectivity index (χ0n) is 10.8. The summed E-state index contributed by atoms with van der Waals surface area (Å²) in [7, 11) is 0. The first kappa shape index (κ1) is 15.2. The Labute approximate surface area is 132 Å². The van der Waals surface area contributed by atoms with Gasteiger partial charge in [0.1, 0.15) is 18.2 Å². The summed E-state index contributed by atoms with van der Waals surface area (Å²) in [5.74, 6) is 1.38. The van der Waals surface area contributed by atoms with Crippen molar-refractivity contribution in [2.24, 2.45) is 0 Å². The van der Waals surface area contributed by atoms with Gasteiger partial charge in [-0.15, -0.1) is 0 Å². The summed E-state index contributed by atoms with van der Waals surface area (Å²) >= 11 is 17.9. The van der Waals surface area contributed by atoms with Gasteiger partial charge in [-0.2, -0.15) is 0 Å². The standard InChI is InChI=1S/C14H13Cl3N2O/c1-2-18-14-6-5-11(16)13(19-14)8-20-9-3-4-10(15)12(17)7-9/h3-7H,2,8H2,1H3,(H,18,19). The average molecular weight is 332 g/mol. The molecule has 1 aromatic carbocycles. The topological polar surface area (TPSA) is 34.1 Å². The van der Waals surface area contributed by atoms with E-state index in [0.29, 0.717) is 26.5 Å². The fraction of sp³-hybridized carbons (Fsp3) is 0.214. The molecule has 1 aromatic heterocycles. The minimum absolute atomic E-state index is 0.260. The summed E-state index contributed by atoms with van der Waals surface area (Å²) in [6, 6.07) is 8.71. The molecule has 0 aliphatic carbocycles. The van der Waals surface area contributed by atoms with E-state index < -0.39 is 0 Å². The SMILES string of the molecule is CCNc1ccc(Cl)c(COc2ccc(Cl)c(Cl)c2)n1. The van der Waals surface area contributed by atoms with E-state index in [1.807, 2.05) is 13.0 Å². The third-order valence-corrected chi connectivity index (χ3v) is 3.63. The number of nitrogens with one attached hydrogen (secondary N) is 1. The van der Waals surface area contributed by atoms with Gasteiger partial charge in [0.05, 0.1) is 20.8 Å². The van der Waals surface area contributed by atoms with E-state index in [4.69, 9.17) is 39.5 Å². The maximum atomic E-state index is 6.10. The van der Waals surface area contributed by atoms with Crippen molar-refractivity contribution in [2.75, 3.05) is 11.9 Å². The fourth-order valence-corrected chi connectivity index (χ4v) is 2.03. The van der Waals surface area contributed by atoms with E-state index in [2.05, 4.69) is 10.3 Å². The van der Waals surface area contributed by atoms with Gasteiger partial charge in [0.15, 0.2) is 0 Å². The Morgan fingerprint density at radius 3 is 2.50 bits per heavy atom. The Hall–Kier alpha value is -1.16. The molecule has 0 fully saturated rings. The number of halogens is 3. The Balaban J connectivity index is 2.09. The smallest absolute Gasteiger partial charge is 0.132 e. The molecule has 0 saturated heterocycles. The lowest BCUT2D eigenvalue weighted by atomic mass is 10.3. The van der Waals surface area contributed by atoms with Gasteiger partial charge in [-0.05, 0) is 31.2 Å². The lowest BCUT2D eigenvalue weighted by molar-refractivity contribution is 0.301. The summed E-state index contributed by atoms with van der Waals surface area (Å²) < 4.78 is 5.62. The van der Waals surface area contributed by atoms with Crippen molar-refractivity contribution in [1.82, 2.24) is 4.98 Å². The summed E-state index contributed by atoms with van der Waals surface area (Å²) in [6.45, 7) is 3.06. The third kappa shape index (κ3) is 3.92. The second-order valence-corrected chi connectivity index (χ2v) is 5.24. The molecule has 0 saturated carbocycles. The van der Waals surface area contributed by atoms with Crippen molar-refractivity contribution in [3.8, 4) is 5.75 Å². The second kappa shape index (κ2) is 7.02. The molecular weight excluding hydrogens is 319 g/mol. The van der Waals surface area contributed by atoms with Gasteiger partial charge < -0.3 is 10.1 Å². The van der Waals surface area contributed by atoms with E-state index in [-0.39, 0.29) is 6.61 Å². The number of pyridine rings is 1. The minimum atomic E-state index is 0.260. The maximum Gasteiger partial charge on any atom is 0.132 e. The molecule has 0 aliphatic heterocycles. The maximum absolute atomic E-state index is 6.10.